The summed E-state index contributed by atoms with van der Waals surface area (Å²) in [6, 6.07) is 13.6. The summed E-state index contributed by atoms with van der Waals surface area (Å²) in [6.45, 7) is 0. The lowest BCUT2D eigenvalue weighted by molar-refractivity contribution is -0.137. The molecule has 2 aromatic carbocycles. The molecule has 3 nitrogen and oxygen atoms in total. The number of hydrogen-bond donors (Lipinski definition) is 0. The number of halogens is 3. The Morgan fingerprint density at radius 1 is 0.955 bits per heavy atom. The molecule has 3 rings (SSSR count). The van der Waals surface area contributed by atoms with Gasteiger partial charge in [0, 0.05) is 0 Å². The van der Waals surface area contributed by atoms with Gasteiger partial charge in [-0.15, -0.1) is 0 Å². The molecule has 0 saturated heterocycles. The zero-order valence-corrected chi connectivity index (χ0v) is 11.3. The summed E-state index contributed by atoms with van der Waals surface area (Å²) in [5, 5.41) is 5.49. The minimum Gasteiger partial charge on any atom is -0.272 e. The van der Waals surface area contributed by atoms with E-state index >= 15 is 0 Å². The quantitative estimate of drug-likeness (QED) is 0.829. The highest BCUT2D eigenvalue weighted by atomic mass is 19.4. The Kier molecular flexibility index (Phi) is 3.44. The van der Waals surface area contributed by atoms with Gasteiger partial charge in [0.1, 0.15) is 0 Å². The highest BCUT2D eigenvalue weighted by molar-refractivity contribution is 6.19. The first-order valence-corrected chi connectivity index (χ1v) is 6.58. The summed E-state index contributed by atoms with van der Waals surface area (Å²) < 4.78 is 37.6. The third kappa shape index (κ3) is 2.72. The molecule has 0 aliphatic carbocycles. The van der Waals surface area contributed by atoms with Crippen LogP contribution in [0.1, 0.15) is 17.5 Å². The predicted octanol–water partition coefficient (Wildman–Crippen LogP) is 3.85. The number of rotatable bonds is 2. The second-order valence-corrected chi connectivity index (χ2v) is 4.84. The molecule has 0 radical (unpaired) electrons. The van der Waals surface area contributed by atoms with Gasteiger partial charge in [-0.2, -0.15) is 18.3 Å². The number of amides is 1. The van der Waals surface area contributed by atoms with Crippen LogP contribution in [0.4, 0.5) is 18.9 Å². The maximum absolute atomic E-state index is 12.5. The Balaban J connectivity index is 1.88. The van der Waals surface area contributed by atoms with Crippen LogP contribution in [0.5, 0.6) is 0 Å². The van der Waals surface area contributed by atoms with E-state index < -0.39 is 11.7 Å². The lowest BCUT2D eigenvalue weighted by atomic mass is 10.1. The number of hydrogen-bond acceptors (Lipinski definition) is 2. The van der Waals surface area contributed by atoms with Crippen molar-refractivity contribution in [3.05, 3.63) is 65.7 Å². The van der Waals surface area contributed by atoms with E-state index in [-0.39, 0.29) is 12.3 Å². The molecule has 0 atom stereocenters. The van der Waals surface area contributed by atoms with Crippen molar-refractivity contribution in [1.29, 1.82) is 0 Å². The summed E-state index contributed by atoms with van der Waals surface area (Å²) in [7, 11) is 0. The first-order valence-electron chi connectivity index (χ1n) is 6.58. The molecule has 112 valence electrons. The Hall–Kier alpha value is -2.63. The van der Waals surface area contributed by atoms with Crippen molar-refractivity contribution in [1.82, 2.24) is 0 Å². The predicted molar refractivity (Wildman–Crippen MR) is 76.5 cm³/mol. The standard InChI is InChI=1S/C16H11F3N2O/c17-16(18,19)12-8-6-11(7-9-12)14-10-15(22)21(20-14)13-4-2-1-3-5-13/h1-9H,10H2. The molecule has 6 heteroatoms. The van der Waals surface area contributed by atoms with Crippen LogP contribution in [0.15, 0.2) is 59.7 Å². The van der Waals surface area contributed by atoms with Crippen molar-refractivity contribution in [2.75, 3.05) is 5.01 Å². The summed E-state index contributed by atoms with van der Waals surface area (Å²) in [4.78, 5) is 12.0. The molecule has 0 aromatic heterocycles. The third-order valence-corrected chi connectivity index (χ3v) is 3.32. The fraction of sp³-hybridized carbons (Fsp3) is 0.125. The van der Waals surface area contributed by atoms with Gasteiger partial charge in [-0.3, -0.25) is 4.79 Å². The molecule has 0 N–H and O–H groups in total. The smallest absolute Gasteiger partial charge is 0.272 e. The molecule has 1 heterocycles. The Bertz CT molecular complexity index is 721. The monoisotopic (exact) mass is 304 g/mol. The van der Waals surface area contributed by atoms with Gasteiger partial charge in [0.2, 0.25) is 0 Å². The Morgan fingerprint density at radius 2 is 1.59 bits per heavy atom. The minimum absolute atomic E-state index is 0.0697. The number of anilines is 1. The number of hydrazone groups is 1. The third-order valence-electron chi connectivity index (χ3n) is 3.32. The van der Waals surface area contributed by atoms with Gasteiger partial charge in [0.15, 0.2) is 0 Å². The first-order chi connectivity index (χ1) is 10.4. The second-order valence-electron chi connectivity index (χ2n) is 4.84. The van der Waals surface area contributed by atoms with Crippen LogP contribution in [0.3, 0.4) is 0 Å². The SMILES string of the molecule is O=C1CC(c2ccc(C(F)(F)F)cc2)=NN1c1ccccc1. The molecule has 1 aliphatic heterocycles. The molecule has 1 amide bonds. The molecule has 0 fully saturated rings. The van der Waals surface area contributed by atoms with Crippen LogP contribution in [0.25, 0.3) is 0 Å². The molecular formula is C16H11F3N2O. The van der Waals surface area contributed by atoms with Crippen molar-refractivity contribution in [2.24, 2.45) is 5.10 Å². The maximum atomic E-state index is 12.5. The summed E-state index contributed by atoms with van der Waals surface area (Å²) in [5.74, 6) is -0.207. The molecule has 22 heavy (non-hydrogen) atoms. The Labute approximate surface area is 124 Å². The van der Waals surface area contributed by atoms with Gasteiger partial charge >= 0.3 is 6.18 Å². The van der Waals surface area contributed by atoms with Crippen LogP contribution in [0.2, 0.25) is 0 Å². The summed E-state index contributed by atoms with van der Waals surface area (Å²) in [6.07, 6.45) is -4.30. The number of carbonyl (C=O) groups is 1. The molecule has 0 saturated carbocycles. The molecule has 0 bridgehead atoms. The fourth-order valence-corrected chi connectivity index (χ4v) is 2.21. The Morgan fingerprint density at radius 3 is 2.18 bits per heavy atom. The topological polar surface area (TPSA) is 32.7 Å². The van der Waals surface area contributed by atoms with E-state index in [1.807, 2.05) is 6.07 Å². The number of benzene rings is 2. The average Bonchev–Trinajstić information content (AvgIpc) is 2.89. The number of carbonyl (C=O) groups excluding carboxylic acids is 1. The lowest BCUT2D eigenvalue weighted by Crippen LogP contribution is -2.19. The molecule has 1 aliphatic rings. The molecule has 0 unspecified atom stereocenters. The fourth-order valence-electron chi connectivity index (χ4n) is 2.21. The zero-order valence-electron chi connectivity index (χ0n) is 11.3. The van der Waals surface area contributed by atoms with Crippen molar-refractivity contribution in [3.8, 4) is 0 Å². The molecule has 2 aromatic rings. The van der Waals surface area contributed by atoms with E-state index in [0.717, 1.165) is 12.1 Å². The van der Waals surface area contributed by atoms with Gasteiger partial charge < -0.3 is 0 Å². The molecule has 0 spiro atoms. The molecular weight excluding hydrogens is 293 g/mol. The van der Waals surface area contributed by atoms with Gasteiger partial charge in [-0.1, -0.05) is 30.3 Å². The van der Waals surface area contributed by atoms with E-state index in [0.29, 0.717) is 17.0 Å². The highest BCUT2D eigenvalue weighted by Gasteiger charge is 2.31. The van der Waals surface area contributed by atoms with Crippen molar-refractivity contribution in [2.45, 2.75) is 12.6 Å². The summed E-state index contributed by atoms with van der Waals surface area (Å²) in [5.41, 5.74) is 0.887. The van der Waals surface area contributed by atoms with E-state index in [4.69, 9.17) is 0 Å². The van der Waals surface area contributed by atoms with Gasteiger partial charge in [0.25, 0.3) is 5.91 Å². The number of nitrogens with zero attached hydrogens (tertiary/aromatic N) is 2. The van der Waals surface area contributed by atoms with Crippen LogP contribution >= 0.6 is 0 Å². The van der Waals surface area contributed by atoms with Crippen LogP contribution in [-0.2, 0) is 11.0 Å². The van der Waals surface area contributed by atoms with E-state index in [9.17, 15) is 18.0 Å². The minimum atomic E-state index is -4.37. The maximum Gasteiger partial charge on any atom is 0.416 e. The zero-order chi connectivity index (χ0) is 15.7. The largest absolute Gasteiger partial charge is 0.416 e. The van der Waals surface area contributed by atoms with E-state index in [2.05, 4.69) is 5.10 Å². The number of para-hydroxylation sites is 1. The second kappa shape index (κ2) is 5.29. The van der Waals surface area contributed by atoms with E-state index in [1.54, 1.807) is 24.3 Å². The lowest BCUT2D eigenvalue weighted by Gasteiger charge is -2.10. The van der Waals surface area contributed by atoms with Crippen LogP contribution in [-0.4, -0.2) is 11.6 Å². The van der Waals surface area contributed by atoms with Gasteiger partial charge in [0.05, 0.1) is 23.4 Å². The normalized spacial score (nSPS) is 15.1. The summed E-state index contributed by atoms with van der Waals surface area (Å²) >= 11 is 0. The van der Waals surface area contributed by atoms with Gasteiger partial charge in [-0.25, -0.2) is 5.01 Å². The van der Waals surface area contributed by atoms with Crippen LogP contribution < -0.4 is 5.01 Å². The van der Waals surface area contributed by atoms with Crippen LogP contribution in [0, 0.1) is 0 Å². The number of alkyl halides is 3. The first kappa shape index (κ1) is 14.3. The highest BCUT2D eigenvalue weighted by Crippen LogP contribution is 2.30. The van der Waals surface area contributed by atoms with Gasteiger partial charge in [-0.05, 0) is 29.8 Å². The van der Waals surface area contributed by atoms with Crippen molar-refractivity contribution in [3.63, 3.8) is 0 Å². The van der Waals surface area contributed by atoms with Crippen molar-refractivity contribution >= 4 is 17.3 Å². The van der Waals surface area contributed by atoms with Crippen molar-refractivity contribution < 1.29 is 18.0 Å². The average molecular weight is 304 g/mol. The van der Waals surface area contributed by atoms with E-state index in [1.165, 1.54) is 17.1 Å².